The maximum atomic E-state index is 11.3. The van der Waals surface area contributed by atoms with E-state index in [1.54, 1.807) is 23.1 Å². The first-order chi connectivity index (χ1) is 7.10. The molecule has 1 aromatic carbocycles. The average molecular weight is 203 g/mol. The van der Waals surface area contributed by atoms with E-state index in [2.05, 4.69) is 0 Å². The first-order valence-electron chi connectivity index (χ1n) is 4.67. The molecule has 0 saturated carbocycles. The Morgan fingerprint density at radius 1 is 1.60 bits per heavy atom. The lowest BCUT2D eigenvalue weighted by molar-refractivity contribution is -0.116. The van der Waals surface area contributed by atoms with E-state index in [1.165, 1.54) is 6.92 Å². The van der Waals surface area contributed by atoms with Crippen molar-refractivity contribution in [1.82, 2.24) is 0 Å². The molecule has 1 aromatic rings. The van der Waals surface area contributed by atoms with Crippen molar-refractivity contribution in [2.24, 2.45) is 0 Å². The molecule has 0 aliphatic rings. The molecule has 15 heavy (non-hydrogen) atoms. The number of nitriles is 1. The lowest BCUT2D eigenvalue weighted by Gasteiger charge is -2.19. The highest BCUT2D eigenvalue weighted by Crippen LogP contribution is 2.20. The Hall–Kier alpha value is -2.02. The summed E-state index contributed by atoms with van der Waals surface area (Å²) >= 11 is 0. The first kappa shape index (κ1) is 11.1. The summed E-state index contributed by atoms with van der Waals surface area (Å²) in [4.78, 5) is 12.9. The standard InChI is InChI=1S/C11H13N3O/c1-3-14(8(2)15)10-4-5-11(13)9(6-10)7-12/h4-6H,3,13H2,1-2H3. The second kappa shape index (κ2) is 4.47. The maximum absolute atomic E-state index is 11.3. The van der Waals surface area contributed by atoms with Gasteiger partial charge in [0.15, 0.2) is 0 Å². The smallest absolute Gasteiger partial charge is 0.223 e. The van der Waals surface area contributed by atoms with Crippen LogP contribution >= 0.6 is 0 Å². The van der Waals surface area contributed by atoms with Gasteiger partial charge in [-0.1, -0.05) is 0 Å². The Morgan fingerprint density at radius 3 is 2.73 bits per heavy atom. The van der Waals surface area contributed by atoms with Crippen molar-refractivity contribution < 1.29 is 4.79 Å². The average Bonchev–Trinajstić information content (AvgIpc) is 2.21. The molecule has 0 spiro atoms. The van der Waals surface area contributed by atoms with Gasteiger partial charge in [-0.05, 0) is 25.1 Å². The van der Waals surface area contributed by atoms with E-state index in [-0.39, 0.29) is 5.91 Å². The predicted molar refractivity (Wildman–Crippen MR) is 59.3 cm³/mol. The third-order valence-electron chi connectivity index (χ3n) is 2.17. The zero-order chi connectivity index (χ0) is 11.4. The maximum Gasteiger partial charge on any atom is 0.223 e. The van der Waals surface area contributed by atoms with Crippen molar-refractivity contribution in [3.8, 4) is 6.07 Å². The number of rotatable bonds is 2. The van der Waals surface area contributed by atoms with Crippen LogP contribution in [0.3, 0.4) is 0 Å². The number of anilines is 2. The molecule has 0 unspecified atom stereocenters. The molecule has 4 nitrogen and oxygen atoms in total. The van der Waals surface area contributed by atoms with Crippen LogP contribution in [0.2, 0.25) is 0 Å². The second-order valence-electron chi connectivity index (χ2n) is 3.15. The van der Waals surface area contributed by atoms with Crippen molar-refractivity contribution in [2.75, 3.05) is 17.2 Å². The molecule has 0 atom stereocenters. The Kier molecular flexibility index (Phi) is 3.29. The summed E-state index contributed by atoms with van der Waals surface area (Å²) in [5, 5.41) is 8.80. The highest BCUT2D eigenvalue weighted by molar-refractivity contribution is 5.91. The summed E-state index contributed by atoms with van der Waals surface area (Å²) in [5.41, 5.74) is 7.12. The van der Waals surface area contributed by atoms with Crippen LogP contribution in [0.25, 0.3) is 0 Å². The van der Waals surface area contributed by atoms with Crippen molar-refractivity contribution in [2.45, 2.75) is 13.8 Å². The molecular formula is C11H13N3O. The highest BCUT2D eigenvalue weighted by atomic mass is 16.2. The molecule has 0 fully saturated rings. The quantitative estimate of drug-likeness (QED) is 0.741. The van der Waals surface area contributed by atoms with Crippen LogP contribution in [0, 0.1) is 11.3 Å². The van der Waals surface area contributed by atoms with Gasteiger partial charge in [0.1, 0.15) is 6.07 Å². The van der Waals surface area contributed by atoms with Gasteiger partial charge in [-0.25, -0.2) is 0 Å². The van der Waals surface area contributed by atoms with Gasteiger partial charge >= 0.3 is 0 Å². The van der Waals surface area contributed by atoms with Crippen LogP contribution in [-0.2, 0) is 4.79 Å². The molecule has 0 saturated heterocycles. The fourth-order valence-corrected chi connectivity index (χ4v) is 1.40. The summed E-state index contributed by atoms with van der Waals surface area (Å²) in [6, 6.07) is 6.99. The van der Waals surface area contributed by atoms with Crippen LogP contribution in [0.4, 0.5) is 11.4 Å². The zero-order valence-corrected chi connectivity index (χ0v) is 8.82. The number of carbonyl (C=O) groups is 1. The van der Waals surface area contributed by atoms with E-state index >= 15 is 0 Å². The molecular weight excluding hydrogens is 190 g/mol. The molecule has 2 N–H and O–H groups in total. The molecule has 0 radical (unpaired) electrons. The molecule has 0 aromatic heterocycles. The summed E-state index contributed by atoms with van der Waals surface area (Å²) in [6.07, 6.45) is 0. The number of nitrogens with two attached hydrogens (primary N) is 1. The van der Waals surface area contributed by atoms with E-state index in [1.807, 2.05) is 13.0 Å². The van der Waals surface area contributed by atoms with Crippen molar-refractivity contribution in [3.05, 3.63) is 23.8 Å². The minimum Gasteiger partial charge on any atom is -0.398 e. The van der Waals surface area contributed by atoms with Gasteiger partial charge in [0.25, 0.3) is 0 Å². The lowest BCUT2D eigenvalue weighted by Crippen LogP contribution is -2.27. The van der Waals surface area contributed by atoms with Crippen LogP contribution < -0.4 is 10.6 Å². The van der Waals surface area contributed by atoms with Gasteiger partial charge in [0.05, 0.1) is 5.56 Å². The van der Waals surface area contributed by atoms with Crippen LogP contribution in [-0.4, -0.2) is 12.5 Å². The highest BCUT2D eigenvalue weighted by Gasteiger charge is 2.10. The molecule has 1 rings (SSSR count). The third kappa shape index (κ3) is 2.26. The minimum atomic E-state index is -0.0499. The third-order valence-corrected chi connectivity index (χ3v) is 2.17. The van der Waals surface area contributed by atoms with E-state index in [4.69, 9.17) is 11.0 Å². The predicted octanol–water partition coefficient (Wildman–Crippen LogP) is 1.51. The second-order valence-corrected chi connectivity index (χ2v) is 3.15. The van der Waals surface area contributed by atoms with Crippen molar-refractivity contribution in [3.63, 3.8) is 0 Å². The van der Waals surface area contributed by atoms with Gasteiger partial charge in [0.2, 0.25) is 5.91 Å². The zero-order valence-electron chi connectivity index (χ0n) is 8.82. The minimum absolute atomic E-state index is 0.0499. The van der Waals surface area contributed by atoms with Crippen LogP contribution in [0.15, 0.2) is 18.2 Å². The molecule has 1 amide bonds. The summed E-state index contributed by atoms with van der Waals surface area (Å²) in [5.74, 6) is -0.0499. The molecule has 0 aliphatic heterocycles. The van der Waals surface area contributed by atoms with Gasteiger partial charge < -0.3 is 10.6 Å². The largest absolute Gasteiger partial charge is 0.398 e. The van der Waals surface area contributed by atoms with E-state index in [9.17, 15) is 4.79 Å². The number of benzene rings is 1. The van der Waals surface area contributed by atoms with Gasteiger partial charge in [-0.2, -0.15) is 5.26 Å². The van der Waals surface area contributed by atoms with E-state index in [0.717, 1.165) is 0 Å². The number of nitrogens with zero attached hydrogens (tertiary/aromatic N) is 2. The van der Waals surface area contributed by atoms with Crippen LogP contribution in [0.1, 0.15) is 19.4 Å². The number of hydrogen-bond acceptors (Lipinski definition) is 3. The molecule has 0 aliphatic carbocycles. The Labute approximate surface area is 88.9 Å². The fourth-order valence-electron chi connectivity index (χ4n) is 1.40. The molecule has 4 heteroatoms. The Bertz CT molecular complexity index is 420. The molecule has 0 bridgehead atoms. The normalized spacial score (nSPS) is 9.40. The van der Waals surface area contributed by atoms with Crippen molar-refractivity contribution in [1.29, 1.82) is 5.26 Å². The summed E-state index contributed by atoms with van der Waals surface area (Å²) in [6.45, 7) is 3.94. The van der Waals surface area contributed by atoms with E-state index < -0.39 is 0 Å². The fraction of sp³-hybridized carbons (Fsp3) is 0.273. The van der Waals surface area contributed by atoms with Crippen LogP contribution in [0.5, 0.6) is 0 Å². The molecule has 78 valence electrons. The topological polar surface area (TPSA) is 70.1 Å². The van der Waals surface area contributed by atoms with Gasteiger partial charge in [-0.15, -0.1) is 0 Å². The number of nitrogen functional groups attached to an aromatic ring is 1. The number of hydrogen-bond donors (Lipinski definition) is 1. The SMILES string of the molecule is CCN(C(C)=O)c1ccc(N)c(C#N)c1. The summed E-state index contributed by atoms with van der Waals surface area (Å²) < 4.78 is 0. The Morgan fingerprint density at radius 2 is 2.27 bits per heavy atom. The summed E-state index contributed by atoms with van der Waals surface area (Å²) in [7, 11) is 0. The number of amides is 1. The number of carbonyl (C=O) groups excluding carboxylic acids is 1. The van der Waals surface area contributed by atoms with Gasteiger partial charge in [-0.3, -0.25) is 4.79 Å². The van der Waals surface area contributed by atoms with Gasteiger partial charge in [0, 0.05) is 24.8 Å². The van der Waals surface area contributed by atoms with Crippen molar-refractivity contribution >= 4 is 17.3 Å². The lowest BCUT2D eigenvalue weighted by atomic mass is 10.1. The Balaban J connectivity index is 3.16. The monoisotopic (exact) mass is 203 g/mol. The van der Waals surface area contributed by atoms with E-state index in [0.29, 0.717) is 23.5 Å². The molecule has 0 heterocycles. The first-order valence-corrected chi connectivity index (χ1v) is 4.67.